The Kier molecular flexibility index (Phi) is 5.29. The predicted octanol–water partition coefficient (Wildman–Crippen LogP) is 1.48. The molecule has 0 saturated heterocycles. The molecule has 1 atom stereocenters. The van der Waals surface area contributed by atoms with E-state index in [1.165, 1.54) is 0 Å². The number of aliphatic hydroxyl groups excluding tert-OH is 1. The molecule has 1 amide bonds. The highest BCUT2D eigenvalue weighted by Gasteiger charge is 2.10. The van der Waals surface area contributed by atoms with Crippen LogP contribution in [0.25, 0.3) is 0 Å². The van der Waals surface area contributed by atoms with Gasteiger partial charge in [-0.3, -0.25) is 9.78 Å². The summed E-state index contributed by atoms with van der Waals surface area (Å²) in [5.41, 5.74) is 1.54. The van der Waals surface area contributed by atoms with Crippen LogP contribution < -0.4 is 10.1 Å². The van der Waals surface area contributed by atoms with Crippen LogP contribution in [-0.4, -0.2) is 29.7 Å². The molecule has 110 valence electrons. The molecule has 0 aliphatic carbocycles. The Morgan fingerprint density at radius 3 is 2.95 bits per heavy atom. The first-order valence-electron chi connectivity index (χ1n) is 6.66. The van der Waals surface area contributed by atoms with Crippen LogP contribution in [-0.2, 0) is 11.2 Å². The Bertz CT molecular complexity index is 587. The first kappa shape index (κ1) is 15.0. The van der Waals surface area contributed by atoms with E-state index in [-0.39, 0.29) is 18.9 Å². The molecule has 0 spiro atoms. The number of carbonyl (C=O) groups is 1. The van der Waals surface area contributed by atoms with E-state index in [9.17, 15) is 9.90 Å². The fourth-order valence-corrected chi connectivity index (χ4v) is 1.93. The molecule has 1 heterocycles. The first-order chi connectivity index (χ1) is 10.2. The van der Waals surface area contributed by atoms with Gasteiger partial charge in [0.05, 0.1) is 19.6 Å². The second kappa shape index (κ2) is 7.40. The van der Waals surface area contributed by atoms with Gasteiger partial charge in [-0.2, -0.15) is 0 Å². The third kappa shape index (κ3) is 4.57. The number of benzene rings is 1. The number of aromatic nitrogens is 1. The summed E-state index contributed by atoms with van der Waals surface area (Å²) in [6.07, 6.45) is 2.79. The number of rotatable bonds is 6. The summed E-state index contributed by atoms with van der Waals surface area (Å²) in [6, 6.07) is 10.8. The smallest absolute Gasteiger partial charge is 0.224 e. The van der Waals surface area contributed by atoms with Crippen molar-refractivity contribution >= 4 is 5.91 Å². The Balaban J connectivity index is 1.85. The fraction of sp³-hybridized carbons (Fsp3) is 0.250. The summed E-state index contributed by atoms with van der Waals surface area (Å²) >= 11 is 0. The van der Waals surface area contributed by atoms with Crippen molar-refractivity contribution in [1.82, 2.24) is 10.3 Å². The molecular formula is C16H18N2O3. The van der Waals surface area contributed by atoms with Crippen molar-refractivity contribution < 1.29 is 14.6 Å². The van der Waals surface area contributed by atoms with Crippen LogP contribution in [0.1, 0.15) is 17.2 Å². The van der Waals surface area contributed by atoms with Crippen molar-refractivity contribution in [3.8, 4) is 5.75 Å². The van der Waals surface area contributed by atoms with Crippen LogP contribution in [0.5, 0.6) is 5.75 Å². The van der Waals surface area contributed by atoms with Crippen LogP contribution in [0.3, 0.4) is 0 Å². The third-order valence-corrected chi connectivity index (χ3v) is 3.06. The van der Waals surface area contributed by atoms with E-state index in [0.717, 1.165) is 5.56 Å². The van der Waals surface area contributed by atoms with Gasteiger partial charge < -0.3 is 15.2 Å². The van der Waals surface area contributed by atoms with Crippen molar-refractivity contribution in [3.05, 3.63) is 59.9 Å². The monoisotopic (exact) mass is 286 g/mol. The molecule has 0 saturated carbocycles. The van der Waals surface area contributed by atoms with Gasteiger partial charge in [-0.05, 0) is 29.3 Å². The lowest BCUT2D eigenvalue weighted by Crippen LogP contribution is -2.29. The summed E-state index contributed by atoms with van der Waals surface area (Å²) in [6.45, 7) is 0.159. The quantitative estimate of drug-likeness (QED) is 0.844. The van der Waals surface area contributed by atoms with E-state index < -0.39 is 6.10 Å². The molecule has 5 nitrogen and oxygen atoms in total. The second-order valence-electron chi connectivity index (χ2n) is 4.63. The Morgan fingerprint density at radius 1 is 1.38 bits per heavy atom. The molecule has 21 heavy (non-hydrogen) atoms. The van der Waals surface area contributed by atoms with Gasteiger partial charge in [0, 0.05) is 18.9 Å². The first-order valence-corrected chi connectivity index (χ1v) is 6.66. The maximum absolute atomic E-state index is 11.8. The molecule has 0 aliphatic rings. The van der Waals surface area contributed by atoms with Gasteiger partial charge in [0.1, 0.15) is 5.75 Å². The van der Waals surface area contributed by atoms with Crippen LogP contribution in [0.4, 0.5) is 0 Å². The van der Waals surface area contributed by atoms with Crippen LogP contribution >= 0.6 is 0 Å². The third-order valence-electron chi connectivity index (χ3n) is 3.06. The Morgan fingerprint density at radius 2 is 2.24 bits per heavy atom. The average Bonchev–Trinajstić information content (AvgIpc) is 2.53. The number of ether oxygens (including phenoxy) is 1. The van der Waals surface area contributed by atoms with E-state index in [0.29, 0.717) is 11.3 Å². The highest BCUT2D eigenvalue weighted by Crippen LogP contribution is 2.18. The molecule has 2 N–H and O–H groups in total. The SMILES string of the molecule is COc1cccc(C(O)CNC(=O)Cc2cccnc2)c1. The standard InChI is InChI=1S/C16H18N2O3/c1-21-14-6-2-5-13(9-14)15(19)11-18-16(20)8-12-4-3-7-17-10-12/h2-7,9-10,15,19H,8,11H2,1H3,(H,18,20). The minimum atomic E-state index is -0.766. The van der Waals surface area contributed by atoms with Crippen molar-refractivity contribution in [1.29, 1.82) is 0 Å². The highest BCUT2D eigenvalue weighted by atomic mass is 16.5. The van der Waals surface area contributed by atoms with Gasteiger partial charge in [-0.15, -0.1) is 0 Å². The maximum atomic E-state index is 11.8. The zero-order valence-electron chi connectivity index (χ0n) is 11.8. The van der Waals surface area contributed by atoms with Gasteiger partial charge in [0.2, 0.25) is 5.91 Å². The molecule has 1 aromatic carbocycles. The number of methoxy groups -OCH3 is 1. The summed E-state index contributed by atoms with van der Waals surface area (Å²) < 4.78 is 5.10. The molecule has 5 heteroatoms. The van der Waals surface area contributed by atoms with Gasteiger partial charge in [-0.1, -0.05) is 18.2 Å². The van der Waals surface area contributed by atoms with Gasteiger partial charge >= 0.3 is 0 Å². The second-order valence-corrected chi connectivity index (χ2v) is 4.63. The Labute approximate surface area is 123 Å². The normalized spacial score (nSPS) is 11.7. The number of amides is 1. The molecule has 2 rings (SSSR count). The van der Waals surface area contributed by atoms with Crippen molar-refractivity contribution in [3.63, 3.8) is 0 Å². The lowest BCUT2D eigenvalue weighted by atomic mass is 10.1. The molecule has 0 bridgehead atoms. The van der Waals surface area contributed by atoms with Crippen molar-refractivity contribution in [2.24, 2.45) is 0 Å². The molecule has 2 aromatic rings. The molecule has 0 radical (unpaired) electrons. The lowest BCUT2D eigenvalue weighted by molar-refractivity contribution is -0.120. The minimum Gasteiger partial charge on any atom is -0.497 e. The van der Waals surface area contributed by atoms with E-state index in [4.69, 9.17) is 4.74 Å². The fourth-order valence-electron chi connectivity index (χ4n) is 1.93. The lowest BCUT2D eigenvalue weighted by Gasteiger charge is -2.13. The summed E-state index contributed by atoms with van der Waals surface area (Å²) in [5, 5.41) is 12.8. The molecular weight excluding hydrogens is 268 g/mol. The molecule has 1 aromatic heterocycles. The topological polar surface area (TPSA) is 71.5 Å². The van der Waals surface area contributed by atoms with E-state index in [1.807, 2.05) is 6.07 Å². The van der Waals surface area contributed by atoms with Crippen LogP contribution in [0.2, 0.25) is 0 Å². The minimum absolute atomic E-state index is 0.148. The van der Waals surface area contributed by atoms with E-state index in [1.54, 1.807) is 49.8 Å². The molecule has 1 unspecified atom stereocenters. The van der Waals surface area contributed by atoms with Crippen molar-refractivity contribution in [2.45, 2.75) is 12.5 Å². The number of pyridine rings is 1. The largest absolute Gasteiger partial charge is 0.497 e. The van der Waals surface area contributed by atoms with Gasteiger partial charge in [0.15, 0.2) is 0 Å². The van der Waals surface area contributed by atoms with Crippen LogP contribution in [0, 0.1) is 0 Å². The van der Waals surface area contributed by atoms with Gasteiger partial charge in [0.25, 0.3) is 0 Å². The van der Waals surface area contributed by atoms with E-state index in [2.05, 4.69) is 10.3 Å². The summed E-state index contributed by atoms with van der Waals surface area (Å²) in [7, 11) is 1.57. The summed E-state index contributed by atoms with van der Waals surface area (Å²) in [5.74, 6) is 0.526. The average molecular weight is 286 g/mol. The van der Waals surface area contributed by atoms with Crippen LogP contribution in [0.15, 0.2) is 48.8 Å². The number of hydrogen-bond donors (Lipinski definition) is 2. The zero-order valence-corrected chi connectivity index (χ0v) is 11.8. The Hall–Kier alpha value is -2.40. The predicted molar refractivity (Wildman–Crippen MR) is 78.9 cm³/mol. The molecule has 0 fully saturated rings. The molecule has 0 aliphatic heterocycles. The number of carbonyl (C=O) groups excluding carboxylic acids is 1. The zero-order chi connectivity index (χ0) is 15.1. The van der Waals surface area contributed by atoms with E-state index >= 15 is 0 Å². The summed E-state index contributed by atoms with van der Waals surface area (Å²) in [4.78, 5) is 15.8. The number of hydrogen-bond acceptors (Lipinski definition) is 4. The number of nitrogens with one attached hydrogen (secondary N) is 1. The van der Waals surface area contributed by atoms with Crippen molar-refractivity contribution in [2.75, 3.05) is 13.7 Å². The maximum Gasteiger partial charge on any atom is 0.224 e. The number of aliphatic hydroxyl groups is 1. The highest BCUT2D eigenvalue weighted by molar-refractivity contribution is 5.78. The number of nitrogens with zero attached hydrogens (tertiary/aromatic N) is 1. The van der Waals surface area contributed by atoms with Gasteiger partial charge in [-0.25, -0.2) is 0 Å².